The van der Waals surface area contributed by atoms with Crippen molar-refractivity contribution in [2.24, 2.45) is 0 Å². The van der Waals surface area contributed by atoms with Crippen molar-refractivity contribution in [1.29, 1.82) is 0 Å². The van der Waals surface area contributed by atoms with Crippen LogP contribution in [-0.4, -0.2) is 39.8 Å². The third-order valence-corrected chi connectivity index (χ3v) is 7.34. The smallest absolute Gasteiger partial charge is 0.424 e. The molecule has 1 heterocycles. The number of ether oxygens (including phenoxy) is 1. The molecule has 1 aromatic heterocycles. The Hall–Kier alpha value is -2.31. The number of sulfonamides is 1. The Balaban J connectivity index is 2.43. The Morgan fingerprint density at radius 1 is 1.27 bits per heavy atom. The average molecular weight is 475 g/mol. The van der Waals surface area contributed by atoms with Gasteiger partial charge in [-0.3, -0.25) is 14.3 Å². The molecule has 0 aliphatic heterocycles. The quantitative estimate of drug-likeness (QED) is 0.443. The van der Waals surface area contributed by atoms with Crippen molar-refractivity contribution in [2.45, 2.75) is 43.6 Å². The minimum absolute atomic E-state index is 0.0106. The molecule has 0 bridgehead atoms. The van der Waals surface area contributed by atoms with Gasteiger partial charge in [0, 0.05) is 10.9 Å². The Labute approximate surface area is 181 Å². The molecule has 0 spiro atoms. The van der Waals surface area contributed by atoms with Crippen molar-refractivity contribution in [3.63, 3.8) is 0 Å². The SMILES string of the molecule is CC(C)(C)OC(=O)N(Cc1csc([N+](=O)[O-])c1S(=O)Cc1ccccc1)S(C)(=O)=O. The van der Waals surface area contributed by atoms with Crippen molar-refractivity contribution < 1.29 is 27.1 Å². The molecule has 1 atom stereocenters. The van der Waals surface area contributed by atoms with Crippen LogP contribution < -0.4 is 0 Å². The van der Waals surface area contributed by atoms with E-state index in [9.17, 15) is 27.5 Å². The summed E-state index contributed by atoms with van der Waals surface area (Å²) in [5.41, 5.74) is -0.119. The van der Waals surface area contributed by atoms with Crippen LogP contribution >= 0.6 is 11.3 Å². The molecule has 0 aliphatic rings. The van der Waals surface area contributed by atoms with E-state index in [-0.39, 0.29) is 21.2 Å². The molecule has 0 radical (unpaired) electrons. The van der Waals surface area contributed by atoms with E-state index in [1.807, 2.05) is 0 Å². The largest absolute Gasteiger partial charge is 0.443 e. The first-order chi connectivity index (χ1) is 13.8. The Kier molecular flexibility index (Phi) is 7.37. The molecule has 0 N–H and O–H groups in total. The molecule has 0 saturated carbocycles. The lowest BCUT2D eigenvalue weighted by molar-refractivity contribution is -0.383. The zero-order valence-electron chi connectivity index (χ0n) is 16.9. The summed E-state index contributed by atoms with van der Waals surface area (Å²) in [6, 6.07) is 8.76. The Morgan fingerprint density at radius 3 is 2.37 bits per heavy atom. The summed E-state index contributed by atoms with van der Waals surface area (Å²) in [5.74, 6) is 0.0106. The zero-order chi connectivity index (χ0) is 22.7. The summed E-state index contributed by atoms with van der Waals surface area (Å²) in [6.07, 6.45) is -0.281. The highest BCUT2D eigenvalue weighted by Gasteiger charge is 2.33. The van der Waals surface area contributed by atoms with Crippen molar-refractivity contribution >= 4 is 43.3 Å². The molecular formula is C18H22N2O7S3. The number of nitro groups is 1. The maximum Gasteiger partial charge on any atom is 0.424 e. The summed E-state index contributed by atoms with van der Waals surface area (Å²) < 4.78 is 43.0. The van der Waals surface area contributed by atoms with Gasteiger partial charge < -0.3 is 4.74 Å². The Bertz CT molecular complexity index is 1060. The first-order valence-electron chi connectivity index (χ1n) is 8.67. The number of hydrogen-bond acceptors (Lipinski definition) is 8. The number of rotatable bonds is 7. The van der Waals surface area contributed by atoms with Crippen molar-refractivity contribution in [3.8, 4) is 0 Å². The molecule has 0 aliphatic carbocycles. The second kappa shape index (κ2) is 9.23. The van der Waals surface area contributed by atoms with E-state index >= 15 is 0 Å². The van der Waals surface area contributed by atoms with Crippen LogP contribution in [0.15, 0.2) is 40.6 Å². The van der Waals surface area contributed by atoms with E-state index in [4.69, 9.17) is 4.74 Å². The van der Waals surface area contributed by atoms with Gasteiger partial charge in [0.05, 0.1) is 34.3 Å². The summed E-state index contributed by atoms with van der Waals surface area (Å²) in [4.78, 5) is 23.1. The van der Waals surface area contributed by atoms with E-state index in [0.717, 1.165) is 17.6 Å². The number of benzene rings is 1. The van der Waals surface area contributed by atoms with Gasteiger partial charge in [0.1, 0.15) is 10.5 Å². The summed E-state index contributed by atoms with van der Waals surface area (Å²) >= 11 is 0.735. The van der Waals surface area contributed by atoms with Crippen LogP contribution in [0.5, 0.6) is 0 Å². The van der Waals surface area contributed by atoms with Gasteiger partial charge in [-0.1, -0.05) is 41.7 Å². The third-order valence-electron chi connectivity index (χ3n) is 3.64. The fraction of sp³-hybridized carbons (Fsp3) is 0.389. The molecule has 12 heteroatoms. The highest BCUT2D eigenvalue weighted by atomic mass is 32.2. The van der Waals surface area contributed by atoms with Crippen LogP contribution in [-0.2, 0) is 37.9 Å². The van der Waals surface area contributed by atoms with Gasteiger partial charge in [0.15, 0.2) is 0 Å². The molecule has 164 valence electrons. The highest BCUT2D eigenvalue weighted by molar-refractivity contribution is 7.88. The van der Waals surface area contributed by atoms with E-state index in [1.165, 1.54) is 5.38 Å². The van der Waals surface area contributed by atoms with E-state index < -0.39 is 44.0 Å². The number of carbonyl (C=O) groups is 1. The van der Waals surface area contributed by atoms with Gasteiger partial charge in [0.2, 0.25) is 10.0 Å². The predicted molar refractivity (Wildman–Crippen MR) is 114 cm³/mol. The second-order valence-electron chi connectivity index (χ2n) is 7.38. The molecule has 1 unspecified atom stereocenters. The molecule has 30 heavy (non-hydrogen) atoms. The molecule has 0 fully saturated rings. The number of hydrogen-bond donors (Lipinski definition) is 0. The van der Waals surface area contributed by atoms with E-state index in [2.05, 4.69) is 0 Å². The minimum atomic E-state index is -4.05. The number of amides is 1. The van der Waals surface area contributed by atoms with Gasteiger partial charge in [-0.2, -0.15) is 0 Å². The van der Waals surface area contributed by atoms with E-state index in [1.54, 1.807) is 51.1 Å². The van der Waals surface area contributed by atoms with Gasteiger partial charge in [-0.25, -0.2) is 17.5 Å². The maximum atomic E-state index is 13.0. The molecule has 1 aromatic carbocycles. The van der Waals surface area contributed by atoms with Crippen molar-refractivity contribution in [2.75, 3.05) is 6.26 Å². The standard InChI is InChI=1S/C18H22N2O7S3/c1-18(2,3)27-17(21)19(30(4,25)26)10-14-11-28-16(20(22)23)15(14)29(24)12-13-8-6-5-7-9-13/h5-9,11H,10,12H2,1-4H3. The average Bonchev–Trinajstić information content (AvgIpc) is 3.02. The Morgan fingerprint density at radius 2 is 1.87 bits per heavy atom. The normalized spacial score (nSPS) is 12.9. The lowest BCUT2D eigenvalue weighted by Gasteiger charge is -2.25. The van der Waals surface area contributed by atoms with Gasteiger partial charge in [-0.15, -0.1) is 0 Å². The first kappa shape index (κ1) is 24.0. The van der Waals surface area contributed by atoms with Gasteiger partial charge in [0.25, 0.3) is 0 Å². The molecule has 9 nitrogen and oxygen atoms in total. The van der Waals surface area contributed by atoms with Crippen LogP contribution in [0.25, 0.3) is 0 Å². The number of nitrogens with zero attached hydrogens (tertiary/aromatic N) is 2. The highest BCUT2D eigenvalue weighted by Crippen LogP contribution is 2.35. The predicted octanol–water partition coefficient (Wildman–Crippen LogP) is 3.66. The molecular weight excluding hydrogens is 452 g/mol. The van der Waals surface area contributed by atoms with E-state index in [0.29, 0.717) is 9.87 Å². The van der Waals surface area contributed by atoms with Crippen LogP contribution in [0.1, 0.15) is 31.9 Å². The summed E-state index contributed by atoms with van der Waals surface area (Å²) in [5, 5.41) is 12.5. The van der Waals surface area contributed by atoms with Gasteiger partial charge >= 0.3 is 11.1 Å². The van der Waals surface area contributed by atoms with Crippen molar-refractivity contribution in [3.05, 3.63) is 57.0 Å². The molecule has 2 rings (SSSR count). The fourth-order valence-electron chi connectivity index (χ4n) is 2.43. The molecule has 2 aromatic rings. The molecule has 0 saturated heterocycles. The monoisotopic (exact) mass is 474 g/mol. The van der Waals surface area contributed by atoms with Gasteiger partial charge in [-0.05, 0) is 26.3 Å². The number of carbonyl (C=O) groups excluding carboxylic acids is 1. The lowest BCUT2D eigenvalue weighted by Crippen LogP contribution is -2.39. The van der Waals surface area contributed by atoms with Crippen molar-refractivity contribution in [1.82, 2.24) is 4.31 Å². The van der Waals surface area contributed by atoms with Crippen LogP contribution in [0, 0.1) is 10.1 Å². The van der Waals surface area contributed by atoms with Crippen LogP contribution in [0.3, 0.4) is 0 Å². The topological polar surface area (TPSA) is 124 Å². The zero-order valence-corrected chi connectivity index (χ0v) is 19.3. The molecule has 1 amide bonds. The minimum Gasteiger partial charge on any atom is -0.443 e. The maximum absolute atomic E-state index is 13.0. The number of thiophene rings is 1. The fourth-order valence-corrected chi connectivity index (χ4v) is 5.71. The lowest BCUT2D eigenvalue weighted by atomic mass is 10.2. The van der Waals surface area contributed by atoms with Crippen LogP contribution in [0.4, 0.5) is 9.80 Å². The van der Waals surface area contributed by atoms with Crippen LogP contribution in [0.2, 0.25) is 0 Å². The summed E-state index contributed by atoms with van der Waals surface area (Å²) in [6.45, 7) is 4.23. The third kappa shape index (κ3) is 6.34. The summed E-state index contributed by atoms with van der Waals surface area (Å²) in [7, 11) is -5.88. The second-order valence-corrected chi connectivity index (χ2v) is 11.5. The first-order valence-corrected chi connectivity index (χ1v) is 12.7.